The summed E-state index contributed by atoms with van der Waals surface area (Å²) in [6.45, 7) is 8.11. The van der Waals surface area contributed by atoms with Crippen LogP contribution in [0, 0.1) is 0 Å². The Balaban J connectivity index is 2.86. The third-order valence-electron chi connectivity index (χ3n) is 2.78. The van der Waals surface area contributed by atoms with Crippen LogP contribution in [0.4, 0.5) is 0 Å². The van der Waals surface area contributed by atoms with Gasteiger partial charge in [-0.25, -0.2) is 0 Å². The van der Waals surface area contributed by atoms with Gasteiger partial charge >= 0.3 is 0 Å². The molecule has 0 amide bonds. The van der Waals surface area contributed by atoms with Crippen LogP contribution in [-0.4, -0.2) is 52.4 Å². The van der Waals surface area contributed by atoms with Crippen LogP contribution in [0.1, 0.15) is 32.1 Å². The fourth-order valence-electron chi connectivity index (χ4n) is 1.67. The second kappa shape index (κ2) is 16.8. The summed E-state index contributed by atoms with van der Waals surface area (Å²) in [5, 5.41) is 10.2. The molecule has 0 rings (SSSR count). The molecule has 0 aromatic rings. The quantitative estimate of drug-likeness (QED) is 0.259. The van der Waals surface area contributed by atoms with Gasteiger partial charge in [0.2, 0.25) is 0 Å². The fraction of sp³-hybridized carbons (Fsp3) is 1.00. The van der Waals surface area contributed by atoms with Crippen LogP contribution in [0.5, 0.6) is 0 Å². The predicted molar refractivity (Wildman–Crippen MR) is 79.8 cm³/mol. The van der Waals surface area contributed by atoms with Crippen molar-refractivity contribution in [3.63, 3.8) is 0 Å². The predicted octanol–water partition coefficient (Wildman–Crippen LogP) is -0.377. The van der Waals surface area contributed by atoms with Gasteiger partial charge in [0.25, 0.3) is 0 Å². The minimum atomic E-state index is 0.782. The minimum absolute atomic E-state index is 0.782. The third kappa shape index (κ3) is 15.8. The van der Waals surface area contributed by atoms with Crippen molar-refractivity contribution in [2.24, 2.45) is 11.5 Å². The van der Waals surface area contributed by atoms with E-state index in [1.807, 2.05) is 0 Å². The molecule has 0 aliphatic heterocycles. The number of hydrogen-bond acceptors (Lipinski definition) is 5. The van der Waals surface area contributed by atoms with E-state index in [0.717, 1.165) is 65.2 Å². The zero-order valence-corrected chi connectivity index (χ0v) is 11.8. The van der Waals surface area contributed by atoms with Crippen LogP contribution in [0.2, 0.25) is 0 Å². The zero-order chi connectivity index (χ0) is 13.3. The van der Waals surface area contributed by atoms with E-state index in [0.29, 0.717) is 0 Å². The molecule has 7 N–H and O–H groups in total. The van der Waals surface area contributed by atoms with Crippen molar-refractivity contribution < 1.29 is 0 Å². The van der Waals surface area contributed by atoms with Crippen LogP contribution < -0.4 is 27.4 Å². The molecule has 5 heteroatoms. The number of rotatable bonds is 15. The smallest absolute Gasteiger partial charge is 0.00368 e. The van der Waals surface area contributed by atoms with E-state index in [1.165, 1.54) is 19.3 Å². The zero-order valence-electron chi connectivity index (χ0n) is 11.8. The van der Waals surface area contributed by atoms with Gasteiger partial charge in [-0.05, 0) is 84.5 Å². The standard InChI is InChI=1S/C13H33N5/c14-6-3-10-16-8-1-2-9-17-12-5-13-18-11-4-7-15/h16-18H,1-15H2. The molecule has 18 heavy (non-hydrogen) atoms. The fourth-order valence-corrected chi connectivity index (χ4v) is 1.67. The van der Waals surface area contributed by atoms with Gasteiger partial charge in [-0.1, -0.05) is 0 Å². The molecule has 0 heterocycles. The molecule has 0 radical (unpaired) electrons. The SMILES string of the molecule is NCCCNCCCCNCCCNCCCN. The highest BCUT2D eigenvalue weighted by Gasteiger charge is 1.91. The Labute approximate surface area is 112 Å². The molecular weight excluding hydrogens is 226 g/mol. The van der Waals surface area contributed by atoms with E-state index >= 15 is 0 Å². The molecule has 110 valence electrons. The molecule has 0 unspecified atom stereocenters. The summed E-state index contributed by atoms with van der Waals surface area (Å²) in [6.07, 6.45) is 5.84. The lowest BCUT2D eigenvalue weighted by Crippen LogP contribution is -2.25. The van der Waals surface area contributed by atoms with Crippen molar-refractivity contribution in [1.82, 2.24) is 16.0 Å². The van der Waals surface area contributed by atoms with E-state index in [2.05, 4.69) is 16.0 Å². The van der Waals surface area contributed by atoms with Gasteiger partial charge in [0.05, 0.1) is 0 Å². The van der Waals surface area contributed by atoms with Gasteiger partial charge < -0.3 is 27.4 Å². The number of nitrogens with one attached hydrogen (secondary N) is 3. The molecule has 0 aliphatic carbocycles. The van der Waals surface area contributed by atoms with Crippen molar-refractivity contribution in [3.05, 3.63) is 0 Å². The number of hydrogen-bond donors (Lipinski definition) is 5. The lowest BCUT2D eigenvalue weighted by molar-refractivity contribution is 0.553. The van der Waals surface area contributed by atoms with Gasteiger partial charge in [0, 0.05) is 0 Å². The monoisotopic (exact) mass is 259 g/mol. The van der Waals surface area contributed by atoms with E-state index in [9.17, 15) is 0 Å². The van der Waals surface area contributed by atoms with Crippen LogP contribution >= 0.6 is 0 Å². The average Bonchev–Trinajstić information content (AvgIpc) is 2.39. The lowest BCUT2D eigenvalue weighted by Gasteiger charge is -2.06. The highest BCUT2D eigenvalue weighted by molar-refractivity contribution is 4.54. The first-order chi connectivity index (χ1) is 8.91. The minimum Gasteiger partial charge on any atom is -0.330 e. The Morgan fingerprint density at radius 2 is 0.778 bits per heavy atom. The van der Waals surface area contributed by atoms with Gasteiger partial charge in [-0.2, -0.15) is 0 Å². The van der Waals surface area contributed by atoms with Crippen LogP contribution in [-0.2, 0) is 0 Å². The van der Waals surface area contributed by atoms with E-state index in [-0.39, 0.29) is 0 Å². The molecule has 5 nitrogen and oxygen atoms in total. The molecule has 0 saturated heterocycles. The second-order valence-corrected chi connectivity index (χ2v) is 4.60. The Hall–Kier alpha value is -0.200. The Kier molecular flexibility index (Phi) is 16.6. The van der Waals surface area contributed by atoms with Crippen molar-refractivity contribution in [3.8, 4) is 0 Å². The van der Waals surface area contributed by atoms with Crippen molar-refractivity contribution in [1.29, 1.82) is 0 Å². The van der Waals surface area contributed by atoms with Crippen LogP contribution in [0.25, 0.3) is 0 Å². The maximum absolute atomic E-state index is 5.41. The highest BCUT2D eigenvalue weighted by atomic mass is 14.9. The third-order valence-corrected chi connectivity index (χ3v) is 2.78. The average molecular weight is 259 g/mol. The molecule has 0 spiro atoms. The van der Waals surface area contributed by atoms with E-state index in [1.54, 1.807) is 0 Å². The molecule has 0 atom stereocenters. The first-order valence-electron chi connectivity index (χ1n) is 7.44. The van der Waals surface area contributed by atoms with Crippen molar-refractivity contribution in [2.75, 3.05) is 52.4 Å². The molecule has 0 aliphatic rings. The summed E-state index contributed by atoms with van der Waals surface area (Å²) < 4.78 is 0. The summed E-state index contributed by atoms with van der Waals surface area (Å²) in [5.41, 5.74) is 10.8. The normalized spacial score (nSPS) is 11.0. The van der Waals surface area contributed by atoms with Crippen LogP contribution in [0.3, 0.4) is 0 Å². The summed E-state index contributed by atoms with van der Waals surface area (Å²) in [7, 11) is 0. The molecular formula is C13H33N5. The molecule has 0 bridgehead atoms. The Morgan fingerprint density at radius 3 is 1.17 bits per heavy atom. The number of unbranched alkanes of at least 4 members (excludes halogenated alkanes) is 1. The Morgan fingerprint density at radius 1 is 0.444 bits per heavy atom. The van der Waals surface area contributed by atoms with Crippen molar-refractivity contribution >= 4 is 0 Å². The largest absolute Gasteiger partial charge is 0.330 e. The van der Waals surface area contributed by atoms with Gasteiger partial charge in [-0.15, -0.1) is 0 Å². The second-order valence-electron chi connectivity index (χ2n) is 4.60. The molecule has 0 fully saturated rings. The van der Waals surface area contributed by atoms with Gasteiger partial charge in [0.1, 0.15) is 0 Å². The maximum Gasteiger partial charge on any atom is -0.00368 e. The highest BCUT2D eigenvalue weighted by Crippen LogP contribution is 1.85. The molecule has 0 aromatic carbocycles. The number of nitrogens with two attached hydrogens (primary N) is 2. The summed E-state index contributed by atoms with van der Waals surface area (Å²) in [5.74, 6) is 0. The van der Waals surface area contributed by atoms with Gasteiger partial charge in [0.15, 0.2) is 0 Å². The van der Waals surface area contributed by atoms with E-state index < -0.39 is 0 Å². The topological polar surface area (TPSA) is 88.1 Å². The van der Waals surface area contributed by atoms with Gasteiger partial charge in [-0.3, -0.25) is 0 Å². The van der Waals surface area contributed by atoms with Crippen molar-refractivity contribution in [2.45, 2.75) is 32.1 Å². The molecule has 0 saturated carbocycles. The maximum atomic E-state index is 5.41. The molecule has 0 aromatic heterocycles. The van der Waals surface area contributed by atoms with E-state index in [4.69, 9.17) is 11.5 Å². The summed E-state index contributed by atoms with van der Waals surface area (Å²) >= 11 is 0. The lowest BCUT2D eigenvalue weighted by atomic mass is 10.3. The first-order valence-corrected chi connectivity index (χ1v) is 7.44. The Bertz CT molecular complexity index is 127. The van der Waals surface area contributed by atoms with Crippen LogP contribution in [0.15, 0.2) is 0 Å². The summed E-state index contributed by atoms with van der Waals surface area (Å²) in [6, 6.07) is 0. The summed E-state index contributed by atoms with van der Waals surface area (Å²) in [4.78, 5) is 0. The first kappa shape index (κ1) is 17.8.